The lowest BCUT2D eigenvalue weighted by Crippen LogP contribution is -2.22. The molecule has 0 fully saturated rings. The van der Waals surface area contributed by atoms with E-state index in [1.807, 2.05) is 55.5 Å². The molecule has 0 saturated carbocycles. The van der Waals surface area contributed by atoms with E-state index in [4.69, 9.17) is 9.15 Å². The summed E-state index contributed by atoms with van der Waals surface area (Å²) < 4.78 is 12.1. The number of aromatic nitrogens is 1. The standard InChI is InChI=1S/C23H18BrN3O3/c1-14-5-3-8-21(25-14)27-22(28)19-12-15-11-16(24)9-10-20(15)30-23(19)26-17-6-4-7-18(13-17)29-2/h3-13H,1-2H3,(H,25,27,28). The summed E-state index contributed by atoms with van der Waals surface area (Å²) in [6.07, 6.45) is 0. The second-order valence-electron chi connectivity index (χ2n) is 6.58. The summed E-state index contributed by atoms with van der Waals surface area (Å²) >= 11 is 3.45. The van der Waals surface area contributed by atoms with Crippen molar-refractivity contribution in [1.82, 2.24) is 4.98 Å². The maximum atomic E-state index is 13.1. The van der Waals surface area contributed by atoms with Crippen molar-refractivity contribution in [1.29, 1.82) is 0 Å². The topological polar surface area (TPSA) is 76.7 Å². The van der Waals surface area contributed by atoms with Gasteiger partial charge in [0.1, 0.15) is 22.7 Å². The average molecular weight is 464 g/mol. The van der Waals surface area contributed by atoms with Crippen molar-refractivity contribution >= 4 is 44.3 Å². The SMILES string of the molecule is COc1cccc(N=c2oc3ccc(Br)cc3cc2C(=O)Nc2cccc(C)n2)c1. The molecule has 1 amide bonds. The zero-order valence-electron chi connectivity index (χ0n) is 16.3. The van der Waals surface area contributed by atoms with Crippen LogP contribution in [0.5, 0.6) is 5.75 Å². The Hall–Kier alpha value is -3.45. The number of methoxy groups -OCH3 is 1. The molecule has 4 aromatic rings. The fraction of sp³-hybridized carbons (Fsp3) is 0.0870. The summed E-state index contributed by atoms with van der Waals surface area (Å²) in [5.41, 5.74) is 2.53. The third-order valence-electron chi connectivity index (χ3n) is 4.37. The van der Waals surface area contributed by atoms with E-state index in [1.54, 1.807) is 25.3 Å². The lowest BCUT2D eigenvalue weighted by Gasteiger charge is -2.07. The van der Waals surface area contributed by atoms with Gasteiger partial charge in [0.05, 0.1) is 12.8 Å². The van der Waals surface area contributed by atoms with E-state index in [-0.39, 0.29) is 11.5 Å². The Morgan fingerprint density at radius 1 is 1.10 bits per heavy atom. The van der Waals surface area contributed by atoms with Crippen molar-refractivity contribution in [3.8, 4) is 5.75 Å². The van der Waals surface area contributed by atoms with Gasteiger partial charge in [0, 0.05) is 21.6 Å². The van der Waals surface area contributed by atoms with Gasteiger partial charge in [0.15, 0.2) is 0 Å². The van der Waals surface area contributed by atoms with Gasteiger partial charge in [-0.2, -0.15) is 0 Å². The molecule has 0 spiro atoms. The van der Waals surface area contributed by atoms with Crippen molar-refractivity contribution in [2.24, 2.45) is 4.99 Å². The van der Waals surface area contributed by atoms with Gasteiger partial charge in [-0.15, -0.1) is 0 Å². The number of carbonyl (C=O) groups excluding carboxylic acids is 1. The van der Waals surface area contributed by atoms with E-state index in [0.717, 1.165) is 15.6 Å². The molecule has 0 radical (unpaired) electrons. The van der Waals surface area contributed by atoms with Gasteiger partial charge in [-0.05, 0) is 55.5 Å². The summed E-state index contributed by atoms with van der Waals surface area (Å²) in [7, 11) is 1.59. The van der Waals surface area contributed by atoms with Crippen LogP contribution in [0.15, 0.2) is 80.6 Å². The Bertz CT molecular complexity index is 1310. The quantitative estimate of drug-likeness (QED) is 0.439. The Labute approximate surface area is 181 Å². The van der Waals surface area contributed by atoms with E-state index in [1.165, 1.54) is 0 Å². The van der Waals surface area contributed by atoms with Crippen molar-refractivity contribution in [2.75, 3.05) is 12.4 Å². The zero-order valence-corrected chi connectivity index (χ0v) is 17.9. The zero-order chi connectivity index (χ0) is 21.1. The average Bonchev–Trinajstić information content (AvgIpc) is 2.73. The van der Waals surface area contributed by atoms with Crippen LogP contribution in [0.25, 0.3) is 11.0 Å². The molecule has 2 aromatic heterocycles. The molecule has 4 rings (SSSR count). The number of nitrogens with one attached hydrogen (secondary N) is 1. The molecule has 2 aromatic carbocycles. The van der Waals surface area contributed by atoms with Gasteiger partial charge in [0.2, 0.25) is 5.55 Å². The van der Waals surface area contributed by atoms with E-state index in [2.05, 4.69) is 31.2 Å². The second kappa shape index (κ2) is 8.51. The molecule has 0 unspecified atom stereocenters. The largest absolute Gasteiger partial charge is 0.497 e. The van der Waals surface area contributed by atoms with Gasteiger partial charge >= 0.3 is 0 Å². The first-order chi connectivity index (χ1) is 14.5. The summed E-state index contributed by atoms with van der Waals surface area (Å²) in [6, 6.07) is 20.0. The minimum Gasteiger partial charge on any atom is -0.497 e. The first kappa shape index (κ1) is 19.8. The molecule has 0 aliphatic heterocycles. The van der Waals surface area contributed by atoms with Crippen LogP contribution in [0.3, 0.4) is 0 Å². The van der Waals surface area contributed by atoms with Crippen molar-refractivity contribution in [3.05, 3.63) is 88.0 Å². The highest BCUT2D eigenvalue weighted by Gasteiger charge is 2.14. The van der Waals surface area contributed by atoms with Crippen LogP contribution in [0.4, 0.5) is 11.5 Å². The monoisotopic (exact) mass is 463 g/mol. The van der Waals surface area contributed by atoms with Gasteiger partial charge in [-0.3, -0.25) is 4.79 Å². The van der Waals surface area contributed by atoms with Crippen LogP contribution in [0.2, 0.25) is 0 Å². The number of pyridine rings is 1. The highest BCUT2D eigenvalue weighted by molar-refractivity contribution is 9.10. The highest BCUT2D eigenvalue weighted by atomic mass is 79.9. The third-order valence-corrected chi connectivity index (χ3v) is 4.86. The molecule has 0 aliphatic rings. The van der Waals surface area contributed by atoms with Crippen molar-refractivity contribution < 1.29 is 13.9 Å². The van der Waals surface area contributed by atoms with Gasteiger partial charge < -0.3 is 14.5 Å². The molecule has 1 N–H and O–H groups in total. The first-order valence-electron chi connectivity index (χ1n) is 9.19. The number of ether oxygens (including phenoxy) is 1. The fourth-order valence-electron chi connectivity index (χ4n) is 2.94. The highest BCUT2D eigenvalue weighted by Crippen LogP contribution is 2.22. The number of rotatable bonds is 4. The van der Waals surface area contributed by atoms with Crippen LogP contribution in [0, 0.1) is 6.92 Å². The molecule has 0 saturated heterocycles. The Morgan fingerprint density at radius 2 is 1.93 bits per heavy atom. The number of hydrogen-bond donors (Lipinski definition) is 1. The molecule has 0 atom stereocenters. The number of carbonyl (C=O) groups is 1. The number of amides is 1. The predicted octanol–water partition coefficient (Wildman–Crippen LogP) is 5.39. The molecule has 2 heterocycles. The number of nitrogens with zero attached hydrogens (tertiary/aromatic N) is 2. The van der Waals surface area contributed by atoms with E-state index >= 15 is 0 Å². The van der Waals surface area contributed by atoms with Crippen LogP contribution >= 0.6 is 15.9 Å². The van der Waals surface area contributed by atoms with E-state index < -0.39 is 0 Å². The van der Waals surface area contributed by atoms with Gasteiger partial charge in [-0.1, -0.05) is 28.1 Å². The number of anilines is 1. The minimum atomic E-state index is -0.361. The van der Waals surface area contributed by atoms with Gasteiger partial charge in [0.25, 0.3) is 5.91 Å². The number of fused-ring (bicyclic) bond motifs is 1. The van der Waals surface area contributed by atoms with Crippen LogP contribution < -0.4 is 15.6 Å². The molecule has 0 bridgehead atoms. The molecule has 6 nitrogen and oxygen atoms in total. The molecule has 7 heteroatoms. The summed E-state index contributed by atoms with van der Waals surface area (Å²) in [5.74, 6) is 0.762. The first-order valence-corrected chi connectivity index (χ1v) is 9.98. The summed E-state index contributed by atoms with van der Waals surface area (Å²) in [6.45, 7) is 1.86. The smallest absolute Gasteiger partial charge is 0.262 e. The van der Waals surface area contributed by atoms with Crippen molar-refractivity contribution in [2.45, 2.75) is 6.92 Å². The summed E-state index contributed by atoms with van der Waals surface area (Å²) in [5, 5.41) is 3.59. The molecular weight excluding hydrogens is 446 g/mol. The molecule has 150 valence electrons. The maximum absolute atomic E-state index is 13.1. The van der Waals surface area contributed by atoms with Crippen LogP contribution in [-0.4, -0.2) is 18.0 Å². The summed E-state index contributed by atoms with van der Waals surface area (Å²) in [4.78, 5) is 22.0. The molecular formula is C23H18BrN3O3. The third kappa shape index (κ3) is 4.41. The predicted molar refractivity (Wildman–Crippen MR) is 119 cm³/mol. The Morgan fingerprint density at radius 3 is 2.73 bits per heavy atom. The number of hydrogen-bond acceptors (Lipinski definition) is 5. The maximum Gasteiger partial charge on any atom is 0.262 e. The van der Waals surface area contributed by atoms with E-state index in [0.29, 0.717) is 28.4 Å². The molecule has 30 heavy (non-hydrogen) atoms. The van der Waals surface area contributed by atoms with Crippen molar-refractivity contribution in [3.63, 3.8) is 0 Å². The Balaban J connectivity index is 1.85. The normalized spacial score (nSPS) is 11.5. The van der Waals surface area contributed by atoms with Crippen LogP contribution in [-0.2, 0) is 0 Å². The van der Waals surface area contributed by atoms with Gasteiger partial charge in [-0.25, -0.2) is 9.98 Å². The Kier molecular flexibility index (Phi) is 5.63. The number of aryl methyl sites for hydroxylation is 1. The number of halogens is 1. The van der Waals surface area contributed by atoms with E-state index in [9.17, 15) is 4.79 Å². The fourth-order valence-corrected chi connectivity index (χ4v) is 3.32. The van der Waals surface area contributed by atoms with Crippen LogP contribution in [0.1, 0.15) is 16.1 Å². The lowest BCUT2D eigenvalue weighted by molar-refractivity contribution is 0.102. The second-order valence-corrected chi connectivity index (χ2v) is 7.49. The number of benzene rings is 2. The minimum absolute atomic E-state index is 0.197. The lowest BCUT2D eigenvalue weighted by atomic mass is 10.1. The molecule has 0 aliphatic carbocycles.